The number of carbonyl (C=O) groups excluding carboxylic acids is 1. The lowest BCUT2D eigenvalue weighted by atomic mass is 10.1. The van der Waals surface area contributed by atoms with E-state index in [9.17, 15) is 4.79 Å². The fraction of sp³-hybridized carbons (Fsp3) is 0.316. The van der Waals surface area contributed by atoms with Crippen LogP contribution in [0.15, 0.2) is 42.5 Å². The molecule has 2 aromatic rings. The van der Waals surface area contributed by atoms with Gasteiger partial charge in [0.05, 0.1) is 7.11 Å². The minimum Gasteiger partial charge on any atom is -0.497 e. The Kier molecular flexibility index (Phi) is 5.63. The number of carbonyl (C=O) groups is 1. The summed E-state index contributed by atoms with van der Waals surface area (Å²) in [6.07, 6.45) is 0.0474. The lowest BCUT2D eigenvalue weighted by molar-refractivity contribution is -0.122. The second-order valence-corrected chi connectivity index (χ2v) is 5.48. The van der Waals surface area contributed by atoms with Crippen LogP contribution in [-0.2, 0) is 4.79 Å². The van der Waals surface area contributed by atoms with Crippen LogP contribution in [0.25, 0.3) is 0 Å². The summed E-state index contributed by atoms with van der Waals surface area (Å²) in [5, 5.41) is 2.87. The Labute approximate surface area is 137 Å². The number of anilines is 1. The Balaban J connectivity index is 2.07. The van der Waals surface area contributed by atoms with Gasteiger partial charge in [-0.3, -0.25) is 4.79 Å². The first-order valence-electron chi connectivity index (χ1n) is 7.72. The summed E-state index contributed by atoms with van der Waals surface area (Å²) in [5.74, 6) is 1.24. The Hall–Kier alpha value is -2.49. The van der Waals surface area contributed by atoms with Crippen molar-refractivity contribution in [3.05, 3.63) is 53.6 Å². The van der Waals surface area contributed by atoms with Crippen LogP contribution in [0.4, 0.5) is 5.69 Å². The Morgan fingerprint density at radius 1 is 1.09 bits per heavy atom. The van der Waals surface area contributed by atoms with Crippen LogP contribution >= 0.6 is 0 Å². The SMILES string of the molecule is CC[C@H](Oc1ccc(C)c(C)c1)C(=O)Nc1cccc(OC)c1. The average Bonchev–Trinajstić information content (AvgIpc) is 2.55. The van der Waals surface area contributed by atoms with Gasteiger partial charge in [-0.25, -0.2) is 0 Å². The summed E-state index contributed by atoms with van der Waals surface area (Å²) in [6.45, 7) is 6.00. The lowest BCUT2D eigenvalue weighted by Crippen LogP contribution is -2.32. The van der Waals surface area contributed by atoms with Crippen molar-refractivity contribution in [1.29, 1.82) is 0 Å². The van der Waals surface area contributed by atoms with Gasteiger partial charge in [-0.2, -0.15) is 0 Å². The van der Waals surface area contributed by atoms with Gasteiger partial charge in [0.1, 0.15) is 11.5 Å². The third kappa shape index (κ3) is 4.49. The molecule has 2 rings (SSSR count). The Morgan fingerprint density at radius 3 is 2.52 bits per heavy atom. The molecule has 0 aliphatic rings. The first-order valence-corrected chi connectivity index (χ1v) is 7.72. The number of rotatable bonds is 6. The monoisotopic (exact) mass is 313 g/mol. The molecule has 0 spiro atoms. The molecule has 0 saturated heterocycles. The molecule has 1 N–H and O–H groups in total. The molecule has 0 bridgehead atoms. The molecule has 0 aromatic heterocycles. The van der Waals surface area contributed by atoms with E-state index in [-0.39, 0.29) is 5.91 Å². The summed E-state index contributed by atoms with van der Waals surface area (Å²) in [6, 6.07) is 13.1. The molecule has 2 aromatic carbocycles. The van der Waals surface area contributed by atoms with Crippen molar-refractivity contribution in [3.8, 4) is 11.5 Å². The summed E-state index contributed by atoms with van der Waals surface area (Å²) in [7, 11) is 1.60. The highest BCUT2D eigenvalue weighted by molar-refractivity contribution is 5.94. The van der Waals surface area contributed by atoms with Gasteiger partial charge in [0.2, 0.25) is 0 Å². The second-order valence-electron chi connectivity index (χ2n) is 5.48. The highest BCUT2D eigenvalue weighted by Gasteiger charge is 2.19. The zero-order valence-electron chi connectivity index (χ0n) is 14.1. The van der Waals surface area contributed by atoms with Crippen LogP contribution in [-0.4, -0.2) is 19.1 Å². The van der Waals surface area contributed by atoms with E-state index in [0.717, 1.165) is 5.56 Å². The number of hydrogen-bond donors (Lipinski definition) is 1. The molecule has 0 saturated carbocycles. The van der Waals surface area contributed by atoms with E-state index in [0.29, 0.717) is 23.6 Å². The zero-order chi connectivity index (χ0) is 16.8. The van der Waals surface area contributed by atoms with E-state index in [4.69, 9.17) is 9.47 Å². The molecule has 0 aliphatic carbocycles. The molecule has 0 radical (unpaired) electrons. The van der Waals surface area contributed by atoms with Gasteiger partial charge in [-0.1, -0.05) is 19.1 Å². The van der Waals surface area contributed by atoms with Crippen LogP contribution in [0, 0.1) is 13.8 Å². The topological polar surface area (TPSA) is 47.6 Å². The predicted molar refractivity (Wildman–Crippen MR) is 92.2 cm³/mol. The fourth-order valence-electron chi connectivity index (χ4n) is 2.20. The summed E-state index contributed by atoms with van der Waals surface area (Å²) >= 11 is 0. The predicted octanol–water partition coefficient (Wildman–Crippen LogP) is 4.11. The van der Waals surface area contributed by atoms with Crippen LogP contribution in [0.2, 0.25) is 0 Å². The first-order chi connectivity index (χ1) is 11.0. The van der Waals surface area contributed by atoms with Gasteiger partial charge in [0.15, 0.2) is 6.10 Å². The first kappa shape index (κ1) is 16.9. The molecule has 1 atom stereocenters. The van der Waals surface area contributed by atoms with Gasteiger partial charge in [-0.05, 0) is 55.7 Å². The molecule has 1 amide bonds. The van der Waals surface area contributed by atoms with Gasteiger partial charge >= 0.3 is 0 Å². The molecule has 4 heteroatoms. The molecule has 0 fully saturated rings. The van der Waals surface area contributed by atoms with Crippen molar-refractivity contribution in [2.45, 2.75) is 33.3 Å². The average molecular weight is 313 g/mol. The highest BCUT2D eigenvalue weighted by atomic mass is 16.5. The van der Waals surface area contributed by atoms with Crippen molar-refractivity contribution in [2.75, 3.05) is 12.4 Å². The number of aryl methyl sites for hydroxylation is 2. The van der Waals surface area contributed by atoms with Crippen molar-refractivity contribution >= 4 is 11.6 Å². The molecule has 23 heavy (non-hydrogen) atoms. The normalized spacial score (nSPS) is 11.7. The summed E-state index contributed by atoms with van der Waals surface area (Å²) in [5.41, 5.74) is 3.04. The minimum atomic E-state index is -0.539. The van der Waals surface area contributed by atoms with Crippen molar-refractivity contribution in [3.63, 3.8) is 0 Å². The fourth-order valence-corrected chi connectivity index (χ4v) is 2.20. The largest absolute Gasteiger partial charge is 0.497 e. The van der Waals surface area contributed by atoms with Gasteiger partial charge in [-0.15, -0.1) is 0 Å². The third-order valence-electron chi connectivity index (χ3n) is 3.76. The van der Waals surface area contributed by atoms with E-state index in [1.807, 2.05) is 57.2 Å². The van der Waals surface area contributed by atoms with Crippen molar-refractivity contribution in [2.24, 2.45) is 0 Å². The number of amides is 1. The van der Waals surface area contributed by atoms with Gasteiger partial charge in [0, 0.05) is 11.8 Å². The van der Waals surface area contributed by atoms with E-state index >= 15 is 0 Å². The molecule has 122 valence electrons. The second kappa shape index (κ2) is 7.68. The summed E-state index contributed by atoms with van der Waals surface area (Å²) < 4.78 is 11.0. The Morgan fingerprint density at radius 2 is 1.87 bits per heavy atom. The third-order valence-corrected chi connectivity index (χ3v) is 3.76. The molecular weight excluding hydrogens is 290 g/mol. The van der Waals surface area contributed by atoms with E-state index in [1.54, 1.807) is 13.2 Å². The van der Waals surface area contributed by atoms with Crippen LogP contribution in [0.1, 0.15) is 24.5 Å². The van der Waals surface area contributed by atoms with E-state index in [2.05, 4.69) is 5.32 Å². The molecule has 0 aliphatic heterocycles. The number of ether oxygens (including phenoxy) is 2. The lowest BCUT2D eigenvalue weighted by Gasteiger charge is -2.18. The maximum absolute atomic E-state index is 12.4. The van der Waals surface area contributed by atoms with Crippen LogP contribution in [0.3, 0.4) is 0 Å². The quantitative estimate of drug-likeness (QED) is 0.873. The van der Waals surface area contributed by atoms with Crippen molar-refractivity contribution < 1.29 is 14.3 Å². The van der Waals surface area contributed by atoms with E-state index < -0.39 is 6.10 Å². The number of hydrogen-bond acceptors (Lipinski definition) is 3. The molecule has 4 nitrogen and oxygen atoms in total. The molecule has 0 unspecified atom stereocenters. The highest BCUT2D eigenvalue weighted by Crippen LogP contribution is 2.20. The maximum Gasteiger partial charge on any atom is 0.265 e. The van der Waals surface area contributed by atoms with Crippen LogP contribution in [0.5, 0.6) is 11.5 Å². The minimum absolute atomic E-state index is 0.168. The van der Waals surface area contributed by atoms with E-state index in [1.165, 1.54) is 5.56 Å². The number of methoxy groups -OCH3 is 1. The van der Waals surface area contributed by atoms with Crippen LogP contribution < -0.4 is 14.8 Å². The Bertz CT molecular complexity index is 682. The standard InChI is InChI=1S/C19H23NO3/c1-5-18(23-17-10-9-13(2)14(3)11-17)19(21)20-15-7-6-8-16(12-15)22-4/h6-12,18H,5H2,1-4H3,(H,20,21)/t18-/m0/s1. The summed E-state index contributed by atoms with van der Waals surface area (Å²) in [4.78, 5) is 12.4. The molecule has 0 heterocycles. The van der Waals surface area contributed by atoms with Gasteiger partial charge < -0.3 is 14.8 Å². The molecular formula is C19H23NO3. The maximum atomic E-state index is 12.4. The number of nitrogens with one attached hydrogen (secondary N) is 1. The van der Waals surface area contributed by atoms with Crippen molar-refractivity contribution in [1.82, 2.24) is 0 Å². The zero-order valence-corrected chi connectivity index (χ0v) is 14.1. The number of benzene rings is 2. The smallest absolute Gasteiger partial charge is 0.265 e. The van der Waals surface area contributed by atoms with Gasteiger partial charge in [0.25, 0.3) is 5.91 Å².